The summed E-state index contributed by atoms with van der Waals surface area (Å²) in [6.45, 7) is -5.92. The van der Waals surface area contributed by atoms with E-state index in [1.54, 1.807) is 0 Å². The number of ether oxygens (including phenoxy) is 2. The molecule has 3 fully saturated rings. The minimum absolute atomic E-state index is 0.0170. The Balaban J connectivity index is 1.28. The number of aromatic nitrogens is 6. The minimum atomic E-state index is -5.09. The lowest BCUT2D eigenvalue weighted by Gasteiger charge is -2.28. The summed E-state index contributed by atoms with van der Waals surface area (Å²) in [6, 6.07) is 1.21. The predicted octanol–water partition coefficient (Wildman–Crippen LogP) is -0.147. The van der Waals surface area contributed by atoms with Crippen LogP contribution >= 0.6 is 14.5 Å². The molecule has 6 heterocycles. The maximum atomic E-state index is 15.8. The van der Waals surface area contributed by atoms with Crippen LogP contribution in [0, 0.1) is 0 Å². The van der Waals surface area contributed by atoms with Gasteiger partial charge in [-0.05, 0) is 17.9 Å². The number of nitrogens with two attached hydrogens (primary N) is 2. The molecule has 0 aromatic carbocycles. The average Bonchev–Trinajstić information content (AvgIpc) is 3.57. The van der Waals surface area contributed by atoms with Gasteiger partial charge in [-0.2, -0.15) is 4.98 Å². The van der Waals surface area contributed by atoms with E-state index >= 15 is 8.78 Å². The standard InChI is InChI=1S/C19H22F2N8O10P2S/c20-10-13-8(37-18(10)29-6-26-12-15(23)24-5-25-16(12)29)4-35-41(33,42)39-14-7(3-34-40(31,32)38-13)36-17(11(14)21)28-2-1-9(22)27-19(28)30/h1-2,5-8,10-11,13-14,17-18H,3-4H2,(H,31,32)(H,33,42)(H2,22,27,30)(H2,23,24,25)/t7-,8-,10-,11-,13-,14-,17-,18-,41?/m1/s1. The third-order valence-corrected chi connectivity index (χ3v) is 9.18. The highest BCUT2D eigenvalue weighted by atomic mass is 32.5. The van der Waals surface area contributed by atoms with Gasteiger partial charge in [-0.1, -0.05) is 0 Å². The Kier molecular flexibility index (Phi) is 7.64. The number of hydrogen-bond acceptors (Lipinski definition) is 15. The number of halogens is 2. The van der Waals surface area contributed by atoms with E-state index in [-0.39, 0.29) is 22.8 Å². The molecule has 3 aromatic heterocycles. The van der Waals surface area contributed by atoms with Crippen LogP contribution in [0.1, 0.15) is 12.5 Å². The Morgan fingerprint density at radius 2 is 1.62 bits per heavy atom. The smallest absolute Gasteiger partial charge is 0.383 e. The number of alkyl halides is 2. The van der Waals surface area contributed by atoms with Gasteiger partial charge < -0.3 is 35.3 Å². The van der Waals surface area contributed by atoms with E-state index in [1.807, 2.05) is 0 Å². The fourth-order valence-corrected chi connectivity index (χ4v) is 7.13. The first-order chi connectivity index (χ1) is 19.8. The lowest BCUT2D eigenvalue weighted by molar-refractivity contribution is -0.0635. The van der Waals surface area contributed by atoms with Crippen LogP contribution in [-0.4, -0.2) is 88.8 Å². The number of phosphoric acid groups is 1. The van der Waals surface area contributed by atoms with Crippen molar-refractivity contribution in [2.24, 2.45) is 0 Å². The van der Waals surface area contributed by atoms with Gasteiger partial charge in [0.1, 0.15) is 42.1 Å². The molecule has 0 spiro atoms. The summed E-state index contributed by atoms with van der Waals surface area (Å²) in [7, 11) is -5.09. The van der Waals surface area contributed by atoms with Gasteiger partial charge in [-0.25, -0.2) is 33.1 Å². The molecule has 0 amide bonds. The zero-order chi connectivity index (χ0) is 30.0. The molecule has 10 atom stereocenters. The maximum Gasteiger partial charge on any atom is 0.472 e. The third-order valence-electron chi connectivity index (χ3n) is 6.63. The summed E-state index contributed by atoms with van der Waals surface area (Å²) in [6.07, 6.45) is -10.7. The maximum absolute atomic E-state index is 15.8. The van der Waals surface area contributed by atoms with Crippen LogP contribution in [0.15, 0.2) is 29.7 Å². The van der Waals surface area contributed by atoms with E-state index in [1.165, 1.54) is 17.0 Å². The van der Waals surface area contributed by atoms with Crippen molar-refractivity contribution in [3.05, 3.63) is 35.4 Å². The molecule has 0 bridgehead atoms. The van der Waals surface area contributed by atoms with Gasteiger partial charge in [0.2, 0.25) is 0 Å². The highest BCUT2D eigenvalue weighted by Gasteiger charge is 2.54. The molecule has 3 aromatic rings. The molecular weight excluding hydrogens is 632 g/mol. The number of phosphoric ester groups is 1. The monoisotopic (exact) mass is 654 g/mol. The number of nitrogens with zero attached hydrogens (tertiary/aromatic N) is 6. The van der Waals surface area contributed by atoms with E-state index in [0.29, 0.717) is 0 Å². The summed E-state index contributed by atoms with van der Waals surface area (Å²) in [4.78, 5) is 48.9. The van der Waals surface area contributed by atoms with Gasteiger partial charge in [0.15, 0.2) is 36.3 Å². The van der Waals surface area contributed by atoms with Crippen LogP contribution in [0.2, 0.25) is 0 Å². The topological polar surface area (TPSA) is 243 Å². The van der Waals surface area contributed by atoms with Crippen molar-refractivity contribution in [2.75, 3.05) is 24.7 Å². The Labute approximate surface area is 238 Å². The zero-order valence-electron chi connectivity index (χ0n) is 20.9. The van der Waals surface area contributed by atoms with Gasteiger partial charge in [0.25, 0.3) is 0 Å². The SMILES string of the molecule is Nc1ccn([C@@H]2O[C@@H]3COP(=O)(O)O[C@H]4[C@@H](F)[C@H](n5cnc6c(N)ncnc65)O[C@@H]4COP(O)(=S)O[C@H]3[C@H]2F)c(=O)n1. The summed E-state index contributed by atoms with van der Waals surface area (Å²) >= 11 is 5.04. The van der Waals surface area contributed by atoms with Crippen molar-refractivity contribution in [1.29, 1.82) is 0 Å². The van der Waals surface area contributed by atoms with E-state index in [0.717, 1.165) is 17.1 Å². The number of rotatable bonds is 2. The first-order valence-corrected chi connectivity index (χ1v) is 16.1. The molecule has 3 saturated heterocycles. The lowest BCUT2D eigenvalue weighted by atomic mass is 10.1. The average molecular weight is 654 g/mol. The Morgan fingerprint density at radius 3 is 2.31 bits per heavy atom. The van der Waals surface area contributed by atoms with Crippen molar-refractivity contribution in [1.82, 2.24) is 29.1 Å². The van der Waals surface area contributed by atoms with E-state index in [9.17, 15) is 19.1 Å². The molecule has 0 radical (unpaired) electrons. The van der Waals surface area contributed by atoms with Crippen molar-refractivity contribution in [3.8, 4) is 0 Å². The van der Waals surface area contributed by atoms with Crippen LogP contribution in [-0.2, 0) is 43.9 Å². The van der Waals surface area contributed by atoms with Crippen molar-refractivity contribution >= 4 is 49.1 Å². The third kappa shape index (κ3) is 5.46. The molecule has 6 N–H and O–H groups in total. The molecule has 18 nitrogen and oxygen atoms in total. The normalized spacial score (nSPS) is 39.3. The van der Waals surface area contributed by atoms with Crippen molar-refractivity contribution < 1.29 is 50.7 Å². The number of nitrogen functional groups attached to an aromatic ring is 2. The van der Waals surface area contributed by atoms with Gasteiger partial charge in [0, 0.05) is 6.20 Å². The molecule has 228 valence electrons. The first-order valence-electron chi connectivity index (χ1n) is 12.0. The predicted molar refractivity (Wildman–Crippen MR) is 138 cm³/mol. The molecule has 42 heavy (non-hydrogen) atoms. The quantitative estimate of drug-likeness (QED) is 0.263. The number of imidazole rings is 1. The van der Waals surface area contributed by atoms with Gasteiger partial charge >= 0.3 is 20.2 Å². The van der Waals surface area contributed by atoms with Gasteiger partial charge in [-0.15, -0.1) is 0 Å². The number of anilines is 2. The molecule has 2 unspecified atom stereocenters. The molecule has 3 aliphatic heterocycles. The second kappa shape index (κ2) is 10.9. The zero-order valence-corrected chi connectivity index (χ0v) is 23.5. The fourth-order valence-electron chi connectivity index (χ4n) is 4.74. The Bertz CT molecular complexity index is 1670. The van der Waals surface area contributed by atoms with Crippen LogP contribution in [0.3, 0.4) is 0 Å². The molecular formula is C19H22F2N8O10P2S. The molecule has 3 aliphatic rings. The van der Waals surface area contributed by atoms with Crippen LogP contribution < -0.4 is 17.2 Å². The van der Waals surface area contributed by atoms with Crippen molar-refractivity contribution in [2.45, 2.75) is 49.2 Å². The first kappa shape index (κ1) is 29.5. The molecule has 0 saturated carbocycles. The van der Waals surface area contributed by atoms with Gasteiger partial charge in [0.05, 0.1) is 19.5 Å². The van der Waals surface area contributed by atoms with Crippen LogP contribution in [0.5, 0.6) is 0 Å². The summed E-state index contributed by atoms with van der Waals surface area (Å²) in [5.74, 6) is -0.114. The van der Waals surface area contributed by atoms with Crippen LogP contribution in [0.4, 0.5) is 20.4 Å². The summed E-state index contributed by atoms with van der Waals surface area (Å²) < 4.78 is 78.4. The van der Waals surface area contributed by atoms with E-state index < -0.39 is 82.7 Å². The number of hydrogen-bond donors (Lipinski definition) is 4. The van der Waals surface area contributed by atoms with Gasteiger partial charge in [-0.3, -0.25) is 22.7 Å². The highest BCUT2D eigenvalue weighted by molar-refractivity contribution is 8.07. The fraction of sp³-hybridized carbons (Fsp3) is 0.526. The summed E-state index contributed by atoms with van der Waals surface area (Å²) in [5.41, 5.74) is 10.5. The Morgan fingerprint density at radius 1 is 0.976 bits per heavy atom. The Hall–Kier alpha value is -2.55. The number of fused-ring (bicyclic) bond motifs is 3. The molecule has 6 rings (SSSR count). The summed E-state index contributed by atoms with van der Waals surface area (Å²) in [5, 5.41) is 0. The minimum Gasteiger partial charge on any atom is -0.383 e. The van der Waals surface area contributed by atoms with E-state index in [2.05, 4.69) is 19.9 Å². The highest BCUT2D eigenvalue weighted by Crippen LogP contribution is 2.54. The van der Waals surface area contributed by atoms with Crippen LogP contribution in [0.25, 0.3) is 11.2 Å². The molecule has 23 heteroatoms. The lowest BCUT2D eigenvalue weighted by Crippen LogP contribution is -2.37. The second-order valence-electron chi connectivity index (χ2n) is 9.31. The van der Waals surface area contributed by atoms with Crippen molar-refractivity contribution in [3.63, 3.8) is 0 Å². The van der Waals surface area contributed by atoms with E-state index in [4.69, 9.17) is 50.8 Å². The second-order valence-corrected chi connectivity index (χ2v) is 13.5. The largest absolute Gasteiger partial charge is 0.472 e. The molecule has 0 aliphatic carbocycles.